The van der Waals surface area contributed by atoms with Crippen LogP contribution in [-0.4, -0.2) is 30.1 Å². The second kappa shape index (κ2) is 5.52. The van der Waals surface area contributed by atoms with Gasteiger partial charge in [-0.1, -0.05) is 6.07 Å². The van der Waals surface area contributed by atoms with Crippen LogP contribution in [0.1, 0.15) is 21.5 Å². The third kappa shape index (κ3) is 2.21. The molecule has 0 saturated carbocycles. The van der Waals surface area contributed by atoms with E-state index < -0.39 is 0 Å². The van der Waals surface area contributed by atoms with Crippen molar-refractivity contribution in [2.75, 3.05) is 19.2 Å². The fourth-order valence-corrected chi connectivity index (χ4v) is 3.39. The molecule has 0 atom stereocenters. The highest BCUT2D eigenvalue weighted by Gasteiger charge is 2.28. The number of aromatic nitrogens is 2. The smallest absolute Gasteiger partial charge is 0.337 e. The second-order valence-electron chi connectivity index (χ2n) is 6.16. The highest BCUT2D eigenvalue weighted by atomic mass is 16.7. The van der Waals surface area contributed by atoms with Crippen LogP contribution in [0.3, 0.4) is 0 Å². The number of nitrogens with one attached hydrogen (secondary N) is 2. The number of ether oxygens (including phenoxy) is 3. The molecule has 2 aromatic carbocycles. The van der Waals surface area contributed by atoms with Gasteiger partial charge in [-0.3, -0.25) is 5.10 Å². The van der Waals surface area contributed by atoms with Crippen LogP contribution in [0.2, 0.25) is 0 Å². The molecule has 7 nitrogen and oxygen atoms in total. The van der Waals surface area contributed by atoms with Crippen LogP contribution < -0.4 is 14.8 Å². The van der Waals surface area contributed by atoms with E-state index in [9.17, 15) is 4.79 Å². The Balaban J connectivity index is 1.47. The van der Waals surface area contributed by atoms with Gasteiger partial charge in [-0.25, -0.2) is 4.79 Å². The number of aromatic amines is 1. The molecule has 7 heteroatoms. The Labute approximate surface area is 148 Å². The van der Waals surface area contributed by atoms with E-state index in [-0.39, 0.29) is 12.8 Å². The van der Waals surface area contributed by atoms with E-state index in [1.54, 1.807) is 18.2 Å². The molecule has 3 aromatic rings. The van der Waals surface area contributed by atoms with Gasteiger partial charge >= 0.3 is 5.97 Å². The highest BCUT2D eigenvalue weighted by Crippen LogP contribution is 2.45. The van der Waals surface area contributed by atoms with Gasteiger partial charge in [0, 0.05) is 23.2 Å². The van der Waals surface area contributed by atoms with Crippen LogP contribution in [0.5, 0.6) is 11.5 Å². The summed E-state index contributed by atoms with van der Waals surface area (Å²) in [4.78, 5) is 11.7. The number of anilines is 2. The summed E-state index contributed by atoms with van der Waals surface area (Å²) >= 11 is 0. The van der Waals surface area contributed by atoms with Gasteiger partial charge < -0.3 is 19.5 Å². The van der Waals surface area contributed by atoms with Crippen molar-refractivity contribution in [2.45, 2.75) is 6.42 Å². The van der Waals surface area contributed by atoms with Gasteiger partial charge in [0.25, 0.3) is 0 Å². The number of fused-ring (bicyclic) bond motifs is 4. The zero-order chi connectivity index (χ0) is 17.7. The first-order chi connectivity index (χ1) is 12.7. The van der Waals surface area contributed by atoms with Crippen molar-refractivity contribution < 1.29 is 19.0 Å². The van der Waals surface area contributed by atoms with E-state index in [1.165, 1.54) is 7.11 Å². The lowest BCUT2D eigenvalue weighted by atomic mass is 10.1. The molecule has 0 bridgehead atoms. The van der Waals surface area contributed by atoms with Gasteiger partial charge in [-0.15, -0.1) is 0 Å². The van der Waals surface area contributed by atoms with Crippen molar-refractivity contribution in [3.05, 3.63) is 53.1 Å². The summed E-state index contributed by atoms with van der Waals surface area (Å²) in [5.41, 5.74) is 5.47. The number of esters is 1. The average molecular weight is 349 g/mol. The molecule has 0 amide bonds. The van der Waals surface area contributed by atoms with Gasteiger partial charge in [0.15, 0.2) is 11.5 Å². The maximum Gasteiger partial charge on any atom is 0.337 e. The first-order valence-corrected chi connectivity index (χ1v) is 8.18. The molecule has 1 aromatic heterocycles. The lowest BCUT2D eigenvalue weighted by molar-refractivity contribution is 0.0601. The van der Waals surface area contributed by atoms with Crippen LogP contribution in [0.25, 0.3) is 11.3 Å². The van der Waals surface area contributed by atoms with E-state index in [1.807, 2.05) is 18.2 Å². The lowest BCUT2D eigenvalue weighted by Crippen LogP contribution is -2.02. The normalized spacial score (nSPS) is 13.3. The van der Waals surface area contributed by atoms with Crippen molar-refractivity contribution in [3.63, 3.8) is 0 Å². The molecule has 1 aliphatic heterocycles. The maximum absolute atomic E-state index is 11.7. The zero-order valence-electron chi connectivity index (χ0n) is 14.0. The van der Waals surface area contributed by atoms with E-state index in [4.69, 9.17) is 14.2 Å². The van der Waals surface area contributed by atoms with Crippen molar-refractivity contribution in [3.8, 4) is 22.8 Å². The average Bonchev–Trinajstić information content (AvgIpc) is 3.35. The Bertz CT molecular complexity index is 1040. The summed E-state index contributed by atoms with van der Waals surface area (Å²) in [6.07, 6.45) is 0.747. The fourth-order valence-electron chi connectivity index (χ4n) is 3.39. The minimum absolute atomic E-state index is 0.259. The number of methoxy groups -OCH3 is 1. The third-order valence-electron chi connectivity index (χ3n) is 4.64. The fraction of sp³-hybridized carbons (Fsp3) is 0.158. The Kier molecular flexibility index (Phi) is 3.15. The first kappa shape index (κ1) is 14.8. The molecule has 26 heavy (non-hydrogen) atoms. The van der Waals surface area contributed by atoms with Crippen LogP contribution >= 0.6 is 0 Å². The number of nitrogens with zero attached hydrogens (tertiary/aromatic N) is 1. The molecule has 0 radical (unpaired) electrons. The summed E-state index contributed by atoms with van der Waals surface area (Å²) in [7, 11) is 1.37. The van der Waals surface area contributed by atoms with E-state index in [0.29, 0.717) is 5.56 Å². The van der Waals surface area contributed by atoms with Gasteiger partial charge in [0.2, 0.25) is 6.79 Å². The second-order valence-corrected chi connectivity index (χ2v) is 6.16. The molecule has 2 aliphatic rings. The molecule has 2 N–H and O–H groups in total. The molecule has 0 saturated heterocycles. The molecule has 0 unspecified atom stereocenters. The number of H-pyrrole nitrogens is 1. The topological polar surface area (TPSA) is 85.5 Å². The summed E-state index contributed by atoms with van der Waals surface area (Å²) < 4.78 is 15.7. The van der Waals surface area contributed by atoms with Gasteiger partial charge in [0.1, 0.15) is 5.82 Å². The predicted molar refractivity (Wildman–Crippen MR) is 94.0 cm³/mol. The van der Waals surface area contributed by atoms with E-state index in [0.717, 1.165) is 51.8 Å². The van der Waals surface area contributed by atoms with E-state index >= 15 is 0 Å². The zero-order valence-corrected chi connectivity index (χ0v) is 14.0. The highest BCUT2D eigenvalue weighted by molar-refractivity contribution is 5.91. The maximum atomic E-state index is 11.7. The van der Waals surface area contributed by atoms with Crippen molar-refractivity contribution in [1.29, 1.82) is 0 Å². The first-order valence-electron chi connectivity index (χ1n) is 8.18. The number of hydrogen-bond donors (Lipinski definition) is 2. The van der Waals surface area contributed by atoms with Crippen LogP contribution in [-0.2, 0) is 11.2 Å². The molecule has 1 aliphatic carbocycles. The quantitative estimate of drug-likeness (QED) is 0.552. The summed E-state index contributed by atoms with van der Waals surface area (Å²) in [6, 6.07) is 11.1. The van der Waals surface area contributed by atoms with Gasteiger partial charge in [-0.05, 0) is 35.9 Å². The number of carbonyl (C=O) groups excluding carboxylic acids is 1. The van der Waals surface area contributed by atoms with E-state index in [2.05, 4.69) is 15.5 Å². The number of hydrogen-bond acceptors (Lipinski definition) is 6. The minimum atomic E-state index is -0.370. The summed E-state index contributed by atoms with van der Waals surface area (Å²) in [6.45, 7) is 0.259. The summed E-state index contributed by atoms with van der Waals surface area (Å²) in [5.74, 6) is 1.96. The molecule has 2 heterocycles. The number of benzene rings is 2. The van der Waals surface area contributed by atoms with Crippen LogP contribution in [0, 0.1) is 0 Å². The molecule has 130 valence electrons. The largest absolute Gasteiger partial charge is 0.465 e. The van der Waals surface area contributed by atoms with Gasteiger partial charge in [0.05, 0.1) is 18.4 Å². The van der Waals surface area contributed by atoms with Crippen molar-refractivity contribution in [1.82, 2.24) is 10.2 Å². The molecule has 0 fully saturated rings. The predicted octanol–water partition coefficient (Wildman–Crippen LogP) is 3.24. The lowest BCUT2D eigenvalue weighted by Gasteiger charge is -2.07. The number of rotatable bonds is 3. The van der Waals surface area contributed by atoms with Gasteiger partial charge in [-0.2, -0.15) is 5.10 Å². The Morgan fingerprint density at radius 1 is 1.23 bits per heavy atom. The minimum Gasteiger partial charge on any atom is -0.465 e. The Morgan fingerprint density at radius 2 is 2.08 bits per heavy atom. The monoisotopic (exact) mass is 349 g/mol. The Morgan fingerprint density at radius 3 is 2.92 bits per heavy atom. The molecule has 0 spiro atoms. The summed E-state index contributed by atoms with van der Waals surface area (Å²) in [5, 5.41) is 10.8. The van der Waals surface area contributed by atoms with Crippen LogP contribution in [0.15, 0.2) is 36.4 Å². The van der Waals surface area contributed by atoms with Crippen molar-refractivity contribution >= 4 is 17.5 Å². The molecule has 5 rings (SSSR count). The standard InChI is InChI=1S/C19H15N3O4/c1-24-19(23)10-3-2-4-12(5-10)20-18-14-6-11-7-15-16(26-9-25-15)8-13(11)17(14)21-22-18/h2-5,7-8H,6,9H2,1H3,(H2,20,21,22). The molecular formula is C19H15N3O4. The Hall–Kier alpha value is -3.48. The number of carbonyl (C=O) groups is 1. The molecular weight excluding hydrogens is 334 g/mol. The van der Waals surface area contributed by atoms with Crippen molar-refractivity contribution in [2.24, 2.45) is 0 Å². The third-order valence-corrected chi connectivity index (χ3v) is 4.64. The SMILES string of the molecule is COC(=O)c1cccc(Nc2[nH]nc3c2Cc2cc4c(cc2-3)OCO4)c1. The van der Waals surface area contributed by atoms with Crippen LogP contribution in [0.4, 0.5) is 11.5 Å².